The van der Waals surface area contributed by atoms with E-state index in [0.29, 0.717) is 11.0 Å². The van der Waals surface area contributed by atoms with Crippen LogP contribution in [0.15, 0.2) is 18.2 Å². The van der Waals surface area contributed by atoms with Gasteiger partial charge in [-0.2, -0.15) is 26.3 Å². The van der Waals surface area contributed by atoms with Crippen LogP contribution in [0.25, 0.3) is 4.85 Å². The first-order chi connectivity index (χ1) is 8.54. The summed E-state index contributed by atoms with van der Waals surface area (Å²) in [5, 5.41) is 0. The van der Waals surface area contributed by atoms with Gasteiger partial charge in [0.2, 0.25) is 0 Å². The molecule has 0 N–H and O–H groups in total. The van der Waals surface area contributed by atoms with Crippen LogP contribution in [0.5, 0.6) is 0 Å². The van der Waals surface area contributed by atoms with Crippen molar-refractivity contribution in [1.29, 1.82) is 0 Å². The van der Waals surface area contributed by atoms with Gasteiger partial charge in [0.1, 0.15) is 6.54 Å². The molecule has 1 aromatic carbocycles. The molecule has 2 nitrogen and oxygen atoms in total. The van der Waals surface area contributed by atoms with E-state index in [1.807, 2.05) is 0 Å². The number of alkyl halides is 6. The minimum Gasteiger partial charge on any atom is -0.366 e. The topological polar surface area (TPSA) is 7.60 Å². The van der Waals surface area contributed by atoms with E-state index in [-0.39, 0.29) is 5.69 Å². The molecule has 0 bridgehead atoms. The van der Waals surface area contributed by atoms with Crippen LogP contribution in [0.4, 0.5) is 37.7 Å². The van der Waals surface area contributed by atoms with Gasteiger partial charge in [-0.25, -0.2) is 4.85 Å². The van der Waals surface area contributed by atoms with Crippen molar-refractivity contribution >= 4 is 11.4 Å². The van der Waals surface area contributed by atoms with Crippen LogP contribution in [-0.2, 0) is 6.18 Å². The molecule has 0 aliphatic rings. The van der Waals surface area contributed by atoms with Crippen LogP contribution >= 0.6 is 0 Å². The first-order valence-electron chi connectivity index (χ1n) is 4.91. The summed E-state index contributed by atoms with van der Waals surface area (Å²) in [5.74, 6) is 0. The minimum atomic E-state index is -4.78. The second-order valence-electron chi connectivity index (χ2n) is 3.78. The molecular weight excluding hydrogens is 274 g/mol. The van der Waals surface area contributed by atoms with Crippen LogP contribution in [0.1, 0.15) is 5.56 Å². The highest BCUT2D eigenvalue weighted by Crippen LogP contribution is 2.38. The Bertz CT molecular complexity index is 497. The Morgan fingerprint density at radius 1 is 1.16 bits per heavy atom. The summed E-state index contributed by atoms with van der Waals surface area (Å²) in [4.78, 5) is 3.34. The maximum atomic E-state index is 12.6. The Labute approximate surface area is 105 Å². The van der Waals surface area contributed by atoms with Crippen molar-refractivity contribution in [3.05, 3.63) is 35.2 Å². The maximum absolute atomic E-state index is 12.6. The monoisotopic (exact) mass is 282 g/mol. The van der Waals surface area contributed by atoms with E-state index in [1.54, 1.807) is 0 Å². The first kappa shape index (κ1) is 15.1. The van der Waals surface area contributed by atoms with Crippen molar-refractivity contribution in [2.45, 2.75) is 12.4 Å². The molecule has 0 amide bonds. The van der Waals surface area contributed by atoms with Crippen molar-refractivity contribution in [3.63, 3.8) is 0 Å². The third kappa shape index (κ3) is 4.05. The molecule has 1 rings (SSSR count). The molecule has 0 fully saturated rings. The summed E-state index contributed by atoms with van der Waals surface area (Å²) in [6.45, 7) is 5.24. The van der Waals surface area contributed by atoms with Gasteiger partial charge in [0.25, 0.3) is 0 Å². The minimum absolute atomic E-state index is 0.253. The summed E-state index contributed by atoms with van der Waals surface area (Å²) in [5.41, 5.74) is -2.14. The van der Waals surface area contributed by atoms with Crippen LogP contribution in [0.2, 0.25) is 0 Å². The Morgan fingerprint density at radius 2 is 1.74 bits per heavy atom. The van der Waals surface area contributed by atoms with E-state index in [4.69, 9.17) is 6.57 Å². The lowest BCUT2D eigenvalue weighted by atomic mass is 10.1. The lowest BCUT2D eigenvalue weighted by Gasteiger charge is -2.22. The third-order valence-corrected chi connectivity index (χ3v) is 2.26. The van der Waals surface area contributed by atoms with E-state index in [9.17, 15) is 26.3 Å². The van der Waals surface area contributed by atoms with Crippen LogP contribution < -0.4 is 4.90 Å². The highest BCUT2D eigenvalue weighted by molar-refractivity contribution is 5.62. The molecule has 0 aromatic heterocycles. The molecule has 0 radical (unpaired) electrons. The Morgan fingerprint density at radius 3 is 2.16 bits per heavy atom. The van der Waals surface area contributed by atoms with E-state index in [2.05, 4.69) is 4.85 Å². The highest BCUT2D eigenvalue weighted by Gasteiger charge is 2.35. The zero-order chi connectivity index (χ0) is 14.8. The van der Waals surface area contributed by atoms with Crippen LogP contribution in [0.3, 0.4) is 0 Å². The average Bonchev–Trinajstić information content (AvgIpc) is 2.24. The molecule has 0 heterocycles. The number of nitrogens with zero attached hydrogens (tertiary/aromatic N) is 2. The molecule has 19 heavy (non-hydrogen) atoms. The van der Waals surface area contributed by atoms with Gasteiger partial charge >= 0.3 is 12.4 Å². The Kier molecular flexibility index (Phi) is 3.98. The molecule has 0 aliphatic carbocycles. The van der Waals surface area contributed by atoms with Gasteiger partial charge in [-0.05, 0) is 12.1 Å². The zero-order valence-electron chi connectivity index (χ0n) is 9.60. The number of anilines is 1. The lowest BCUT2D eigenvalue weighted by molar-refractivity contribution is -0.136. The normalized spacial score (nSPS) is 12.1. The average molecular weight is 282 g/mol. The Balaban J connectivity index is 3.16. The molecule has 0 aliphatic heterocycles. The molecule has 0 unspecified atom stereocenters. The van der Waals surface area contributed by atoms with E-state index in [1.165, 1.54) is 0 Å². The Hall–Kier alpha value is -1.91. The molecule has 0 atom stereocenters. The van der Waals surface area contributed by atoms with Gasteiger partial charge in [-0.1, -0.05) is 6.07 Å². The lowest BCUT2D eigenvalue weighted by Crippen LogP contribution is -2.31. The second kappa shape index (κ2) is 4.99. The molecule has 8 heteroatoms. The first-order valence-corrected chi connectivity index (χ1v) is 4.91. The van der Waals surface area contributed by atoms with E-state index < -0.39 is 30.1 Å². The number of hydrogen-bond donors (Lipinski definition) is 0. The fourth-order valence-corrected chi connectivity index (χ4v) is 1.45. The highest BCUT2D eigenvalue weighted by atomic mass is 19.4. The summed E-state index contributed by atoms with van der Waals surface area (Å²) in [7, 11) is 1.03. The third-order valence-electron chi connectivity index (χ3n) is 2.26. The zero-order valence-corrected chi connectivity index (χ0v) is 9.60. The summed E-state index contributed by atoms with van der Waals surface area (Å²) in [6.07, 6.45) is -9.30. The standard InChI is InChI=1S/C11H8F6N2/c1-18-9-4-3-7(5-8(9)11(15,16)17)19(2)6-10(12,13)14/h3-5H,6H2,2H3. The summed E-state index contributed by atoms with van der Waals surface area (Å²) >= 11 is 0. The van der Waals surface area contributed by atoms with Crippen molar-refractivity contribution in [1.82, 2.24) is 0 Å². The molecule has 0 spiro atoms. The number of hydrogen-bond acceptors (Lipinski definition) is 1. The second-order valence-corrected chi connectivity index (χ2v) is 3.78. The van der Waals surface area contributed by atoms with Gasteiger partial charge in [0.05, 0.1) is 12.1 Å². The fraction of sp³-hybridized carbons (Fsp3) is 0.364. The largest absolute Gasteiger partial charge is 0.407 e. The molecule has 104 valence electrons. The molecule has 0 saturated heterocycles. The number of halogens is 6. The van der Waals surface area contributed by atoms with Gasteiger partial charge in [-0.3, -0.25) is 0 Å². The fourth-order valence-electron chi connectivity index (χ4n) is 1.45. The van der Waals surface area contributed by atoms with Crippen LogP contribution in [0, 0.1) is 6.57 Å². The van der Waals surface area contributed by atoms with Gasteiger partial charge in [0, 0.05) is 12.7 Å². The van der Waals surface area contributed by atoms with E-state index in [0.717, 1.165) is 19.2 Å². The number of rotatable bonds is 2. The van der Waals surface area contributed by atoms with Crippen molar-refractivity contribution < 1.29 is 26.3 Å². The quantitative estimate of drug-likeness (QED) is 0.581. The summed E-state index contributed by atoms with van der Waals surface area (Å²) in [6, 6.07) is 2.45. The molecular formula is C11H8F6N2. The van der Waals surface area contributed by atoms with Gasteiger partial charge < -0.3 is 4.90 Å². The predicted octanol–water partition coefficient (Wildman–Crippen LogP) is 4.25. The molecule has 1 aromatic rings. The van der Waals surface area contributed by atoms with E-state index >= 15 is 0 Å². The molecule has 0 saturated carbocycles. The van der Waals surface area contributed by atoms with Crippen LogP contribution in [-0.4, -0.2) is 19.8 Å². The predicted molar refractivity (Wildman–Crippen MR) is 57.0 cm³/mol. The van der Waals surface area contributed by atoms with Crippen molar-refractivity contribution in [2.24, 2.45) is 0 Å². The van der Waals surface area contributed by atoms with Crippen molar-refractivity contribution in [3.8, 4) is 0 Å². The van der Waals surface area contributed by atoms with Crippen molar-refractivity contribution in [2.75, 3.05) is 18.5 Å². The van der Waals surface area contributed by atoms with Gasteiger partial charge in [-0.15, -0.1) is 0 Å². The smallest absolute Gasteiger partial charge is 0.366 e. The van der Waals surface area contributed by atoms with Gasteiger partial charge in [0.15, 0.2) is 5.69 Å². The maximum Gasteiger partial charge on any atom is 0.407 e. The SMILES string of the molecule is [C-]#[N+]c1ccc(N(C)CC(F)(F)F)cc1C(F)(F)F. The number of benzene rings is 1. The summed E-state index contributed by atoms with van der Waals surface area (Å²) < 4.78 is 74.4.